The van der Waals surface area contributed by atoms with Gasteiger partial charge in [-0.15, -0.1) is 0 Å². The topological polar surface area (TPSA) is 49.9 Å². The van der Waals surface area contributed by atoms with Crippen molar-refractivity contribution in [2.45, 2.75) is 0 Å². The van der Waals surface area contributed by atoms with Gasteiger partial charge in [-0.2, -0.15) is 0 Å². The summed E-state index contributed by atoms with van der Waals surface area (Å²) in [5, 5.41) is 1.17. The number of hydrogen-bond acceptors (Lipinski definition) is 2. The molecule has 1 aromatic carbocycles. The van der Waals surface area contributed by atoms with Crippen molar-refractivity contribution in [3.63, 3.8) is 0 Å². The molecule has 0 bridgehead atoms. The Balaban J connectivity index is 2.62. The van der Waals surface area contributed by atoms with E-state index >= 15 is 0 Å². The van der Waals surface area contributed by atoms with E-state index in [4.69, 9.17) is 0 Å². The third-order valence-electron chi connectivity index (χ3n) is 2.17. The number of aromatic amines is 1. The van der Waals surface area contributed by atoms with Crippen molar-refractivity contribution in [2.75, 3.05) is 5.33 Å². The Morgan fingerprint density at radius 3 is 2.80 bits per heavy atom. The van der Waals surface area contributed by atoms with Crippen LogP contribution in [-0.2, 0) is 0 Å². The first-order valence-corrected chi connectivity index (χ1v) is 5.55. The van der Waals surface area contributed by atoms with E-state index in [1.165, 1.54) is 6.07 Å². The largest absolute Gasteiger partial charge is 0.322 e. The molecule has 0 saturated heterocycles. The molecule has 3 nitrogen and oxygen atoms in total. The first-order chi connectivity index (χ1) is 7.20. The van der Waals surface area contributed by atoms with Gasteiger partial charge in [0, 0.05) is 17.1 Å². The zero-order chi connectivity index (χ0) is 10.8. The van der Waals surface area contributed by atoms with E-state index in [0.717, 1.165) is 10.9 Å². The van der Waals surface area contributed by atoms with Crippen LogP contribution < -0.4 is 5.56 Å². The van der Waals surface area contributed by atoms with Crippen molar-refractivity contribution < 1.29 is 4.79 Å². The second kappa shape index (κ2) is 3.98. The predicted molar refractivity (Wildman–Crippen MR) is 62.7 cm³/mol. The van der Waals surface area contributed by atoms with Crippen molar-refractivity contribution >= 4 is 32.6 Å². The number of ketones is 1. The van der Waals surface area contributed by atoms with Crippen molar-refractivity contribution in [1.29, 1.82) is 0 Å². The number of H-pyrrole nitrogens is 1. The highest BCUT2D eigenvalue weighted by atomic mass is 79.9. The van der Waals surface area contributed by atoms with E-state index in [2.05, 4.69) is 20.9 Å². The molecule has 2 rings (SSSR count). The van der Waals surface area contributed by atoms with Gasteiger partial charge in [-0.05, 0) is 29.7 Å². The number of benzene rings is 1. The highest BCUT2D eigenvalue weighted by Gasteiger charge is 2.04. The lowest BCUT2D eigenvalue weighted by Crippen LogP contribution is -2.04. The molecular formula is C11H8BrNO2. The number of fused-ring (bicyclic) bond motifs is 1. The number of carbonyl (C=O) groups excluding carboxylic acids is 1. The number of alkyl halides is 1. The molecule has 0 aliphatic heterocycles. The lowest BCUT2D eigenvalue weighted by molar-refractivity contribution is 0.102. The van der Waals surface area contributed by atoms with E-state index in [1.54, 1.807) is 24.3 Å². The maximum atomic E-state index is 11.4. The van der Waals surface area contributed by atoms with Crippen LogP contribution in [-0.4, -0.2) is 16.1 Å². The molecule has 0 atom stereocenters. The minimum Gasteiger partial charge on any atom is -0.322 e. The molecule has 0 radical (unpaired) electrons. The molecule has 0 spiro atoms. The molecule has 0 fully saturated rings. The Labute approximate surface area is 94.3 Å². The smallest absolute Gasteiger partial charge is 0.248 e. The molecule has 0 aliphatic carbocycles. The molecule has 15 heavy (non-hydrogen) atoms. The lowest BCUT2D eigenvalue weighted by atomic mass is 10.1. The Morgan fingerprint density at radius 1 is 1.27 bits per heavy atom. The fourth-order valence-corrected chi connectivity index (χ4v) is 1.73. The van der Waals surface area contributed by atoms with Crippen LogP contribution in [0.25, 0.3) is 10.9 Å². The summed E-state index contributed by atoms with van der Waals surface area (Å²) in [7, 11) is 0. The molecule has 0 saturated carbocycles. The molecule has 76 valence electrons. The fraction of sp³-hybridized carbons (Fsp3) is 0.0909. The van der Waals surface area contributed by atoms with Crippen LogP contribution in [0.15, 0.2) is 35.1 Å². The van der Waals surface area contributed by atoms with Crippen LogP contribution in [0.2, 0.25) is 0 Å². The summed E-state index contributed by atoms with van der Waals surface area (Å²) in [6.07, 6.45) is 0. The molecule has 0 unspecified atom stereocenters. The van der Waals surface area contributed by atoms with Gasteiger partial charge in [-0.1, -0.05) is 15.9 Å². The number of Topliss-reactive ketones (excluding diaryl/α,β-unsaturated/α-hetero) is 1. The Morgan fingerprint density at radius 2 is 2.07 bits per heavy atom. The van der Waals surface area contributed by atoms with Crippen LogP contribution in [0.4, 0.5) is 0 Å². The lowest BCUT2D eigenvalue weighted by Gasteiger charge is -2.00. The highest BCUT2D eigenvalue weighted by molar-refractivity contribution is 9.09. The third-order valence-corrected chi connectivity index (χ3v) is 2.68. The zero-order valence-corrected chi connectivity index (χ0v) is 9.37. The number of rotatable bonds is 2. The van der Waals surface area contributed by atoms with Crippen LogP contribution in [0.3, 0.4) is 0 Å². The Kier molecular flexibility index (Phi) is 2.68. The average molecular weight is 266 g/mol. The van der Waals surface area contributed by atoms with E-state index in [-0.39, 0.29) is 11.3 Å². The van der Waals surface area contributed by atoms with Gasteiger partial charge < -0.3 is 4.98 Å². The van der Waals surface area contributed by atoms with E-state index in [0.29, 0.717) is 10.9 Å². The minimum atomic E-state index is -0.137. The molecule has 4 heteroatoms. The fourth-order valence-electron chi connectivity index (χ4n) is 1.40. The molecule has 1 heterocycles. The number of carbonyl (C=O) groups is 1. The highest BCUT2D eigenvalue weighted by Crippen LogP contribution is 2.13. The summed E-state index contributed by atoms with van der Waals surface area (Å²) in [5.41, 5.74) is 1.25. The molecule has 0 amide bonds. The summed E-state index contributed by atoms with van der Waals surface area (Å²) >= 11 is 3.12. The van der Waals surface area contributed by atoms with Crippen molar-refractivity contribution in [2.24, 2.45) is 0 Å². The Hall–Kier alpha value is -1.42. The zero-order valence-electron chi connectivity index (χ0n) is 7.79. The summed E-state index contributed by atoms with van der Waals surface area (Å²) in [6.45, 7) is 0. The van der Waals surface area contributed by atoms with Crippen LogP contribution in [0.5, 0.6) is 0 Å². The van der Waals surface area contributed by atoms with Crippen LogP contribution in [0, 0.1) is 0 Å². The Bertz CT molecular complexity index is 574. The van der Waals surface area contributed by atoms with Gasteiger partial charge in [0.25, 0.3) is 0 Å². The summed E-state index contributed by atoms with van der Waals surface area (Å²) in [5.74, 6) is 0.0306. The summed E-state index contributed by atoms with van der Waals surface area (Å²) in [6, 6.07) is 8.38. The second-order valence-electron chi connectivity index (χ2n) is 3.18. The SMILES string of the molecule is O=C(CBr)c1ccc2[nH]c(=O)ccc2c1. The number of hydrogen-bond donors (Lipinski definition) is 1. The van der Waals surface area contributed by atoms with Gasteiger partial charge in [-0.25, -0.2) is 0 Å². The van der Waals surface area contributed by atoms with Crippen LogP contribution >= 0.6 is 15.9 Å². The molecule has 2 aromatic rings. The number of pyridine rings is 1. The standard InChI is InChI=1S/C11H8BrNO2/c12-6-10(14)8-1-3-9-7(5-8)2-4-11(15)13-9/h1-5H,6H2,(H,13,15). The van der Waals surface area contributed by atoms with E-state index < -0.39 is 0 Å². The van der Waals surface area contributed by atoms with Crippen molar-refractivity contribution in [3.05, 3.63) is 46.2 Å². The molecule has 0 aliphatic rings. The predicted octanol–water partition coefficient (Wildman–Crippen LogP) is 2.11. The first kappa shape index (κ1) is 10.1. The minimum absolute atomic E-state index is 0.0306. The molecular weight excluding hydrogens is 258 g/mol. The summed E-state index contributed by atoms with van der Waals surface area (Å²) < 4.78 is 0. The van der Waals surface area contributed by atoms with Gasteiger partial charge in [0.2, 0.25) is 5.56 Å². The van der Waals surface area contributed by atoms with E-state index in [9.17, 15) is 9.59 Å². The average Bonchev–Trinajstić information content (AvgIpc) is 2.27. The van der Waals surface area contributed by atoms with Gasteiger partial charge in [0.1, 0.15) is 0 Å². The van der Waals surface area contributed by atoms with Crippen molar-refractivity contribution in [1.82, 2.24) is 4.98 Å². The maximum Gasteiger partial charge on any atom is 0.248 e. The monoisotopic (exact) mass is 265 g/mol. The third kappa shape index (κ3) is 1.99. The number of halogens is 1. The normalized spacial score (nSPS) is 10.5. The van der Waals surface area contributed by atoms with Gasteiger partial charge in [0.15, 0.2) is 5.78 Å². The molecule has 1 N–H and O–H groups in total. The quantitative estimate of drug-likeness (QED) is 0.668. The molecule has 1 aromatic heterocycles. The van der Waals surface area contributed by atoms with E-state index in [1.807, 2.05) is 0 Å². The first-order valence-electron chi connectivity index (χ1n) is 4.43. The maximum absolute atomic E-state index is 11.4. The van der Waals surface area contributed by atoms with Gasteiger partial charge >= 0.3 is 0 Å². The van der Waals surface area contributed by atoms with Crippen molar-refractivity contribution in [3.8, 4) is 0 Å². The summed E-state index contributed by atoms with van der Waals surface area (Å²) in [4.78, 5) is 25.1. The van der Waals surface area contributed by atoms with Gasteiger partial charge in [-0.3, -0.25) is 9.59 Å². The second-order valence-corrected chi connectivity index (χ2v) is 3.74. The van der Waals surface area contributed by atoms with Crippen LogP contribution in [0.1, 0.15) is 10.4 Å². The van der Waals surface area contributed by atoms with Gasteiger partial charge in [0.05, 0.1) is 5.33 Å². The number of nitrogens with one attached hydrogen (secondary N) is 1. The number of aromatic nitrogens is 1.